The van der Waals surface area contributed by atoms with E-state index in [-0.39, 0.29) is 30.5 Å². The Balaban J connectivity index is 1.77. The molecular formula is C21H24NO9P. The number of para-hydroxylation sites is 2. The molecule has 1 aliphatic rings. The van der Waals surface area contributed by atoms with Crippen LogP contribution < -0.4 is 9.78 Å². The zero-order chi connectivity index (χ0) is 23.0. The summed E-state index contributed by atoms with van der Waals surface area (Å²) in [5.41, 5.74) is -0.760. The van der Waals surface area contributed by atoms with Crippen molar-refractivity contribution >= 4 is 13.9 Å². The third-order valence-corrected chi connectivity index (χ3v) is 4.56. The monoisotopic (exact) mass is 465 g/mol. The zero-order valence-corrected chi connectivity index (χ0v) is 18.7. The minimum atomic E-state index is -4.59. The highest BCUT2D eigenvalue weighted by molar-refractivity contribution is 7.48. The van der Waals surface area contributed by atoms with Crippen LogP contribution in [0.2, 0.25) is 0 Å². The van der Waals surface area contributed by atoms with E-state index in [1.807, 2.05) is 0 Å². The normalized spacial score (nSPS) is 14.1. The van der Waals surface area contributed by atoms with Crippen LogP contribution in [0.1, 0.15) is 20.8 Å². The summed E-state index contributed by atoms with van der Waals surface area (Å²) in [4.78, 5) is 23.8. The summed E-state index contributed by atoms with van der Waals surface area (Å²) in [7, 11) is -4.59. The molecule has 2 aromatic rings. The Morgan fingerprint density at radius 3 is 1.97 bits per heavy atom. The van der Waals surface area contributed by atoms with Gasteiger partial charge in [0.25, 0.3) is 0 Å². The van der Waals surface area contributed by atoms with Crippen LogP contribution in [0.3, 0.4) is 0 Å². The first-order valence-corrected chi connectivity index (χ1v) is 11.1. The largest absolute Gasteiger partial charge is 0.605 e. The predicted molar refractivity (Wildman–Crippen MR) is 112 cm³/mol. The second-order valence-electron chi connectivity index (χ2n) is 7.44. The predicted octanol–water partition coefficient (Wildman–Crippen LogP) is 5.20. The van der Waals surface area contributed by atoms with Crippen molar-refractivity contribution in [3.63, 3.8) is 0 Å². The molecule has 0 aromatic heterocycles. The van der Waals surface area contributed by atoms with Crippen LogP contribution in [0, 0.1) is 0 Å². The van der Waals surface area contributed by atoms with Gasteiger partial charge in [0.15, 0.2) is 11.5 Å². The fourth-order valence-corrected chi connectivity index (χ4v) is 3.12. The van der Waals surface area contributed by atoms with E-state index in [0.717, 1.165) is 11.2 Å². The van der Waals surface area contributed by atoms with Crippen molar-refractivity contribution in [2.45, 2.75) is 26.4 Å². The molecule has 3 rings (SSSR count). The molecule has 0 spiro atoms. The van der Waals surface area contributed by atoms with Gasteiger partial charge in [-0.1, -0.05) is 45.7 Å². The van der Waals surface area contributed by atoms with Crippen molar-refractivity contribution in [3.8, 4) is 11.5 Å². The maximum absolute atomic E-state index is 13.3. The number of hydrogen-bond donors (Lipinski definition) is 0. The van der Waals surface area contributed by atoms with Crippen LogP contribution in [0.4, 0.5) is 4.79 Å². The number of rotatable bonds is 8. The summed E-state index contributed by atoms with van der Waals surface area (Å²) in [6.07, 6.45) is 0.365. The summed E-state index contributed by atoms with van der Waals surface area (Å²) in [5.74, 6) is 0.206. The lowest BCUT2D eigenvalue weighted by atomic mass is 10.2. The number of phosphoric acid groups is 1. The average Bonchev–Trinajstić information content (AvgIpc) is 2.77. The topological polar surface area (TPSA) is 102 Å². The standard InChI is InChI=1S/C21H24NO9P/c1-21(2,3)26-20(23)22-14-15-25-16-19(22)29-32(24,30-27-17-10-6-4-7-11-17)31-28-18-12-8-5-9-13-18/h4-13,16H,14-15H2,1-3H3. The number of benzene rings is 2. The minimum Gasteiger partial charge on any atom is -0.494 e. The van der Waals surface area contributed by atoms with E-state index < -0.39 is 19.5 Å². The van der Waals surface area contributed by atoms with Gasteiger partial charge in [0.1, 0.15) is 18.5 Å². The fourth-order valence-electron chi connectivity index (χ4n) is 2.30. The Kier molecular flexibility index (Phi) is 7.63. The molecule has 11 heteroatoms. The summed E-state index contributed by atoms with van der Waals surface area (Å²) in [6.45, 7) is 5.41. The third-order valence-electron chi connectivity index (χ3n) is 3.64. The number of hydrogen-bond acceptors (Lipinski definition) is 9. The number of amides is 1. The van der Waals surface area contributed by atoms with Gasteiger partial charge in [0.2, 0.25) is 5.88 Å². The molecule has 2 aromatic carbocycles. The minimum absolute atomic E-state index is 0.0832. The molecule has 0 atom stereocenters. The molecule has 0 radical (unpaired) electrons. The van der Waals surface area contributed by atoms with Crippen LogP contribution in [0.25, 0.3) is 0 Å². The lowest BCUT2D eigenvalue weighted by Gasteiger charge is -2.30. The van der Waals surface area contributed by atoms with Crippen LogP contribution in [0.5, 0.6) is 11.5 Å². The number of ether oxygens (including phenoxy) is 2. The maximum atomic E-state index is 13.3. The Bertz CT molecular complexity index is 913. The summed E-state index contributed by atoms with van der Waals surface area (Å²) >= 11 is 0. The number of carbonyl (C=O) groups is 1. The number of carbonyl (C=O) groups excluding carboxylic acids is 1. The lowest BCUT2D eigenvalue weighted by molar-refractivity contribution is -0.191. The Morgan fingerprint density at radius 2 is 1.47 bits per heavy atom. The van der Waals surface area contributed by atoms with E-state index in [1.165, 1.54) is 0 Å². The molecule has 0 saturated carbocycles. The Labute approximate surface area is 185 Å². The van der Waals surface area contributed by atoms with Crippen molar-refractivity contribution in [3.05, 3.63) is 72.8 Å². The van der Waals surface area contributed by atoms with E-state index in [9.17, 15) is 9.36 Å². The molecule has 32 heavy (non-hydrogen) atoms. The molecule has 1 amide bonds. The van der Waals surface area contributed by atoms with Crippen molar-refractivity contribution in [2.75, 3.05) is 13.2 Å². The van der Waals surface area contributed by atoms with Gasteiger partial charge in [-0.2, -0.15) is 0 Å². The van der Waals surface area contributed by atoms with Gasteiger partial charge >= 0.3 is 13.9 Å². The highest BCUT2D eigenvalue weighted by Gasteiger charge is 2.40. The van der Waals surface area contributed by atoms with E-state index in [2.05, 4.69) is 0 Å². The second kappa shape index (κ2) is 10.4. The maximum Gasteiger partial charge on any atom is 0.605 e. The molecule has 172 valence electrons. The zero-order valence-electron chi connectivity index (χ0n) is 17.8. The third kappa shape index (κ3) is 7.19. The quantitative estimate of drug-likeness (QED) is 0.296. The van der Waals surface area contributed by atoms with Crippen molar-refractivity contribution in [2.24, 2.45) is 0 Å². The average molecular weight is 465 g/mol. The van der Waals surface area contributed by atoms with Crippen LogP contribution in [-0.2, 0) is 27.9 Å². The van der Waals surface area contributed by atoms with Gasteiger partial charge in [-0.3, -0.25) is 0 Å². The Hall–Kier alpha value is -3.20. The van der Waals surface area contributed by atoms with Crippen LogP contribution in [-0.4, -0.2) is 29.7 Å². The first-order chi connectivity index (χ1) is 15.2. The van der Waals surface area contributed by atoms with Crippen molar-refractivity contribution in [1.29, 1.82) is 0 Å². The SMILES string of the molecule is CC(C)(C)OC(=O)N1CCOC=C1OP(=O)(OOc1ccccc1)OOc1ccccc1. The van der Waals surface area contributed by atoms with Crippen molar-refractivity contribution in [1.82, 2.24) is 4.90 Å². The fraction of sp³-hybridized carbons (Fsp3) is 0.286. The molecule has 10 nitrogen and oxygen atoms in total. The second-order valence-corrected chi connectivity index (χ2v) is 8.81. The van der Waals surface area contributed by atoms with E-state index in [0.29, 0.717) is 0 Å². The summed E-state index contributed by atoms with van der Waals surface area (Å²) in [6, 6.07) is 16.6. The van der Waals surface area contributed by atoms with Gasteiger partial charge in [-0.05, 0) is 45.0 Å². The molecular weight excluding hydrogens is 441 g/mol. The number of nitrogens with zero attached hydrogens (tertiary/aromatic N) is 1. The smallest absolute Gasteiger partial charge is 0.494 e. The van der Waals surface area contributed by atoms with Crippen LogP contribution >= 0.6 is 7.82 Å². The van der Waals surface area contributed by atoms with Gasteiger partial charge in [-0.25, -0.2) is 14.3 Å². The van der Waals surface area contributed by atoms with Gasteiger partial charge in [0.05, 0.1) is 6.54 Å². The first kappa shape index (κ1) is 23.5. The van der Waals surface area contributed by atoms with E-state index >= 15 is 0 Å². The summed E-state index contributed by atoms with van der Waals surface area (Å²) < 4.78 is 39.2. The molecule has 0 aliphatic carbocycles. The molecule has 0 bridgehead atoms. The molecule has 1 heterocycles. The highest BCUT2D eigenvalue weighted by atomic mass is 31.2. The molecule has 0 N–H and O–H groups in total. The van der Waals surface area contributed by atoms with Crippen molar-refractivity contribution < 1.29 is 42.5 Å². The molecule has 0 saturated heterocycles. The van der Waals surface area contributed by atoms with Gasteiger partial charge in [0, 0.05) is 0 Å². The Morgan fingerprint density at radius 1 is 0.938 bits per heavy atom. The first-order valence-electron chi connectivity index (χ1n) is 9.69. The van der Waals surface area contributed by atoms with Crippen LogP contribution in [0.15, 0.2) is 72.8 Å². The van der Waals surface area contributed by atoms with Gasteiger partial charge < -0.3 is 23.8 Å². The lowest BCUT2D eigenvalue weighted by Crippen LogP contribution is -2.40. The molecule has 0 unspecified atom stereocenters. The molecule has 0 fully saturated rings. The van der Waals surface area contributed by atoms with Gasteiger partial charge in [-0.15, -0.1) is 0 Å². The van der Waals surface area contributed by atoms with E-state index in [1.54, 1.807) is 81.4 Å². The summed E-state index contributed by atoms with van der Waals surface area (Å²) in [5, 5.41) is 0. The van der Waals surface area contributed by atoms with E-state index in [4.69, 9.17) is 33.1 Å². The molecule has 1 aliphatic heterocycles. The highest BCUT2D eigenvalue weighted by Crippen LogP contribution is 2.52.